The van der Waals surface area contributed by atoms with Crippen molar-refractivity contribution in [3.63, 3.8) is 0 Å². The lowest BCUT2D eigenvalue weighted by Gasteiger charge is -2.28. The number of nitrogens with zero attached hydrogens (tertiary/aromatic N) is 1. The van der Waals surface area contributed by atoms with Gasteiger partial charge in [0.15, 0.2) is 0 Å². The van der Waals surface area contributed by atoms with Crippen LogP contribution in [0.25, 0.3) is 0 Å². The molecule has 1 rings (SSSR count). The summed E-state index contributed by atoms with van der Waals surface area (Å²) < 4.78 is 0. The van der Waals surface area contributed by atoms with Crippen molar-refractivity contribution in [1.29, 1.82) is 5.26 Å². The Balaban J connectivity index is 2.96. The van der Waals surface area contributed by atoms with Crippen LogP contribution in [0.3, 0.4) is 0 Å². The van der Waals surface area contributed by atoms with Gasteiger partial charge in [0, 0.05) is 0 Å². The minimum absolute atomic E-state index is 0.343. The molecule has 0 amide bonds. The first-order valence-electron chi connectivity index (χ1n) is 5.30. The predicted molar refractivity (Wildman–Crippen MR) is 60.0 cm³/mol. The molecule has 0 aliphatic rings. The van der Waals surface area contributed by atoms with E-state index in [0.29, 0.717) is 0 Å². The second kappa shape index (κ2) is 4.95. The van der Waals surface area contributed by atoms with Gasteiger partial charge in [0.05, 0.1) is 12.0 Å². The Morgan fingerprint density at radius 2 is 2.00 bits per heavy atom. The molecule has 2 heteroatoms. The molecule has 0 saturated carbocycles. The zero-order valence-corrected chi connectivity index (χ0v) is 9.27. The molecule has 0 aliphatic carbocycles. The molecule has 0 saturated heterocycles. The third-order valence-electron chi connectivity index (χ3n) is 2.77. The highest BCUT2D eigenvalue weighted by Crippen LogP contribution is 2.31. The van der Waals surface area contributed by atoms with Gasteiger partial charge in [0.2, 0.25) is 0 Å². The molecule has 0 spiro atoms. The fourth-order valence-corrected chi connectivity index (χ4v) is 1.74. The van der Waals surface area contributed by atoms with Crippen LogP contribution >= 0.6 is 0 Å². The average Bonchev–Trinajstić information content (AvgIpc) is 2.27. The zero-order valence-electron chi connectivity index (χ0n) is 9.27. The van der Waals surface area contributed by atoms with E-state index in [2.05, 4.69) is 6.07 Å². The van der Waals surface area contributed by atoms with E-state index in [0.717, 1.165) is 18.4 Å². The highest BCUT2D eigenvalue weighted by molar-refractivity contribution is 5.24. The van der Waals surface area contributed by atoms with E-state index in [-0.39, 0.29) is 5.92 Å². The van der Waals surface area contributed by atoms with Crippen LogP contribution in [0.1, 0.15) is 32.3 Å². The maximum Gasteiger partial charge on any atom is 0.103 e. The Labute approximate surface area is 91.2 Å². The van der Waals surface area contributed by atoms with Crippen molar-refractivity contribution in [3.05, 3.63) is 35.9 Å². The summed E-state index contributed by atoms with van der Waals surface area (Å²) in [4.78, 5) is 0. The first-order chi connectivity index (χ1) is 7.12. The third kappa shape index (κ3) is 2.57. The Hall–Kier alpha value is -1.33. The lowest BCUT2D eigenvalue weighted by Crippen LogP contribution is -2.30. The predicted octanol–water partition coefficient (Wildman–Crippen LogP) is 2.83. The van der Waals surface area contributed by atoms with Crippen molar-refractivity contribution in [2.75, 3.05) is 0 Å². The summed E-state index contributed by atoms with van der Waals surface area (Å²) in [5.74, 6) is -0.343. The van der Waals surface area contributed by atoms with Crippen LogP contribution in [0.4, 0.5) is 0 Å². The molecular formula is C13H17NO. The van der Waals surface area contributed by atoms with Crippen LogP contribution < -0.4 is 0 Å². The molecule has 0 fully saturated rings. The molecule has 0 bridgehead atoms. The molecule has 80 valence electrons. The van der Waals surface area contributed by atoms with Crippen LogP contribution in [-0.4, -0.2) is 5.11 Å². The van der Waals surface area contributed by atoms with Gasteiger partial charge in [-0.05, 0) is 18.9 Å². The maximum atomic E-state index is 10.4. The molecule has 2 atom stereocenters. The van der Waals surface area contributed by atoms with Crippen LogP contribution in [0, 0.1) is 17.2 Å². The summed E-state index contributed by atoms with van der Waals surface area (Å²) >= 11 is 0. The minimum Gasteiger partial charge on any atom is -0.384 e. The normalized spacial score (nSPS) is 16.4. The van der Waals surface area contributed by atoms with E-state index in [1.165, 1.54) is 0 Å². The average molecular weight is 203 g/mol. The standard InChI is InChI=1S/C13H17NO/c1-3-7-12(10-14)13(2,15)11-8-5-4-6-9-11/h4-6,8-9,12,15H,3,7H2,1-2H3. The van der Waals surface area contributed by atoms with Crippen molar-refractivity contribution in [2.24, 2.45) is 5.92 Å². The summed E-state index contributed by atoms with van der Waals surface area (Å²) in [6.07, 6.45) is 1.62. The van der Waals surface area contributed by atoms with Gasteiger partial charge >= 0.3 is 0 Å². The van der Waals surface area contributed by atoms with Crippen LogP contribution in [0.15, 0.2) is 30.3 Å². The van der Waals surface area contributed by atoms with E-state index in [4.69, 9.17) is 5.26 Å². The van der Waals surface area contributed by atoms with Gasteiger partial charge in [-0.25, -0.2) is 0 Å². The Kier molecular flexibility index (Phi) is 3.88. The highest BCUT2D eigenvalue weighted by Gasteiger charge is 2.32. The second-order valence-electron chi connectivity index (χ2n) is 3.98. The van der Waals surface area contributed by atoms with E-state index < -0.39 is 5.60 Å². The summed E-state index contributed by atoms with van der Waals surface area (Å²) in [6, 6.07) is 11.6. The maximum absolute atomic E-state index is 10.4. The number of rotatable bonds is 4. The van der Waals surface area contributed by atoms with Crippen LogP contribution in [0.2, 0.25) is 0 Å². The molecule has 1 aromatic rings. The lowest BCUT2D eigenvalue weighted by molar-refractivity contribution is 0.0131. The Morgan fingerprint density at radius 1 is 1.40 bits per heavy atom. The minimum atomic E-state index is -1.05. The summed E-state index contributed by atoms with van der Waals surface area (Å²) in [6.45, 7) is 3.73. The number of aliphatic hydroxyl groups is 1. The number of hydrogen-bond acceptors (Lipinski definition) is 2. The van der Waals surface area contributed by atoms with Crippen molar-refractivity contribution in [1.82, 2.24) is 0 Å². The van der Waals surface area contributed by atoms with Gasteiger partial charge in [-0.15, -0.1) is 0 Å². The fourth-order valence-electron chi connectivity index (χ4n) is 1.74. The van der Waals surface area contributed by atoms with E-state index >= 15 is 0 Å². The molecule has 0 aliphatic heterocycles. The van der Waals surface area contributed by atoms with Crippen molar-refractivity contribution in [3.8, 4) is 6.07 Å². The molecule has 1 N–H and O–H groups in total. The summed E-state index contributed by atoms with van der Waals surface area (Å²) in [7, 11) is 0. The van der Waals surface area contributed by atoms with Crippen molar-refractivity contribution < 1.29 is 5.11 Å². The van der Waals surface area contributed by atoms with Gasteiger partial charge in [0.1, 0.15) is 5.60 Å². The highest BCUT2D eigenvalue weighted by atomic mass is 16.3. The molecule has 0 aromatic heterocycles. The fraction of sp³-hybridized carbons (Fsp3) is 0.462. The zero-order chi connectivity index (χ0) is 11.3. The summed E-state index contributed by atoms with van der Waals surface area (Å²) in [5, 5.41) is 19.4. The SMILES string of the molecule is CCCC(C#N)C(C)(O)c1ccccc1. The van der Waals surface area contributed by atoms with Crippen molar-refractivity contribution >= 4 is 0 Å². The molecule has 0 heterocycles. The third-order valence-corrected chi connectivity index (χ3v) is 2.77. The van der Waals surface area contributed by atoms with Gasteiger partial charge in [0.25, 0.3) is 0 Å². The molecule has 2 nitrogen and oxygen atoms in total. The first-order valence-corrected chi connectivity index (χ1v) is 5.30. The van der Waals surface area contributed by atoms with E-state index in [1.54, 1.807) is 6.92 Å². The first kappa shape index (κ1) is 11.7. The monoisotopic (exact) mass is 203 g/mol. The van der Waals surface area contributed by atoms with Gasteiger partial charge in [-0.1, -0.05) is 43.7 Å². The van der Waals surface area contributed by atoms with Crippen molar-refractivity contribution in [2.45, 2.75) is 32.3 Å². The molecule has 15 heavy (non-hydrogen) atoms. The quantitative estimate of drug-likeness (QED) is 0.817. The smallest absolute Gasteiger partial charge is 0.103 e. The lowest BCUT2D eigenvalue weighted by atomic mass is 9.81. The molecule has 0 radical (unpaired) electrons. The van der Waals surface area contributed by atoms with Crippen LogP contribution in [0.5, 0.6) is 0 Å². The van der Waals surface area contributed by atoms with Crippen LogP contribution in [-0.2, 0) is 5.60 Å². The molecular weight excluding hydrogens is 186 g/mol. The number of benzene rings is 1. The molecule has 2 unspecified atom stereocenters. The largest absolute Gasteiger partial charge is 0.384 e. The summed E-state index contributed by atoms with van der Waals surface area (Å²) in [5.41, 5.74) is -0.239. The van der Waals surface area contributed by atoms with E-state index in [1.807, 2.05) is 37.3 Å². The van der Waals surface area contributed by atoms with E-state index in [9.17, 15) is 5.11 Å². The molecule has 1 aromatic carbocycles. The topological polar surface area (TPSA) is 44.0 Å². The number of hydrogen-bond donors (Lipinski definition) is 1. The van der Waals surface area contributed by atoms with Gasteiger partial charge in [-0.3, -0.25) is 0 Å². The van der Waals surface area contributed by atoms with Gasteiger partial charge < -0.3 is 5.11 Å². The number of nitriles is 1. The second-order valence-corrected chi connectivity index (χ2v) is 3.98. The Morgan fingerprint density at radius 3 is 2.47 bits per heavy atom. The van der Waals surface area contributed by atoms with Gasteiger partial charge in [-0.2, -0.15) is 5.26 Å². The Bertz CT molecular complexity index is 337.